The maximum absolute atomic E-state index is 11.6. The maximum Gasteiger partial charge on any atom is 0.338 e. The van der Waals surface area contributed by atoms with Crippen LogP contribution in [0.25, 0.3) is 11.6 Å². The number of hydrogen-bond donors (Lipinski definition) is 0. The third-order valence-electron chi connectivity index (χ3n) is 3.28. The number of carbonyl (C=O) groups is 1. The number of benzene rings is 2. The van der Waals surface area contributed by atoms with Gasteiger partial charge in [0, 0.05) is 0 Å². The van der Waals surface area contributed by atoms with Crippen LogP contribution in [0, 0.1) is 6.92 Å². The first-order chi connectivity index (χ1) is 10.1. The molecule has 2 rings (SSSR count). The summed E-state index contributed by atoms with van der Waals surface area (Å²) in [6.07, 6.45) is 2.11. The van der Waals surface area contributed by atoms with Gasteiger partial charge in [0.05, 0.1) is 12.2 Å². The first-order valence-corrected chi connectivity index (χ1v) is 7.12. The van der Waals surface area contributed by atoms with Crippen molar-refractivity contribution < 1.29 is 9.53 Å². The molecule has 0 saturated carbocycles. The Morgan fingerprint density at radius 3 is 2.43 bits per heavy atom. The topological polar surface area (TPSA) is 26.3 Å². The molecule has 0 amide bonds. The van der Waals surface area contributed by atoms with Crippen molar-refractivity contribution in [1.82, 2.24) is 0 Å². The number of ether oxygens (including phenoxy) is 1. The lowest BCUT2D eigenvalue weighted by Gasteiger charge is -2.05. The average molecular weight is 280 g/mol. The first kappa shape index (κ1) is 15.0. The molecule has 0 heterocycles. The molecular formula is C19H20O2. The molecule has 0 N–H and O–H groups in total. The van der Waals surface area contributed by atoms with Gasteiger partial charge in [0.15, 0.2) is 0 Å². The highest BCUT2D eigenvalue weighted by Crippen LogP contribution is 2.19. The fourth-order valence-electron chi connectivity index (χ4n) is 2.15. The molecule has 108 valence electrons. The van der Waals surface area contributed by atoms with E-state index in [-0.39, 0.29) is 5.97 Å². The van der Waals surface area contributed by atoms with Crippen LogP contribution in [-0.2, 0) is 4.74 Å². The molecule has 0 unspecified atom stereocenters. The third kappa shape index (κ3) is 4.06. The fraction of sp³-hybridized carbons (Fsp3) is 0.211. The van der Waals surface area contributed by atoms with Gasteiger partial charge in [-0.1, -0.05) is 48.0 Å². The van der Waals surface area contributed by atoms with Crippen molar-refractivity contribution in [3.05, 3.63) is 70.8 Å². The number of esters is 1. The van der Waals surface area contributed by atoms with E-state index in [1.54, 1.807) is 19.1 Å². The highest BCUT2D eigenvalue weighted by atomic mass is 16.5. The van der Waals surface area contributed by atoms with Gasteiger partial charge in [-0.05, 0) is 49.6 Å². The van der Waals surface area contributed by atoms with E-state index in [0.717, 1.165) is 5.56 Å². The van der Waals surface area contributed by atoms with E-state index in [9.17, 15) is 4.79 Å². The molecule has 2 heteroatoms. The second-order valence-electron chi connectivity index (χ2n) is 5.04. The predicted octanol–water partition coefficient (Wildman–Crippen LogP) is 4.73. The van der Waals surface area contributed by atoms with Crippen LogP contribution < -0.4 is 0 Å². The molecule has 0 fully saturated rings. The van der Waals surface area contributed by atoms with Crippen LogP contribution >= 0.6 is 0 Å². The van der Waals surface area contributed by atoms with Gasteiger partial charge in [0.1, 0.15) is 0 Å². The molecule has 0 aromatic heterocycles. The second kappa shape index (κ2) is 6.89. The summed E-state index contributed by atoms with van der Waals surface area (Å²) >= 11 is 0. The van der Waals surface area contributed by atoms with E-state index in [1.165, 1.54) is 16.7 Å². The Kier molecular flexibility index (Phi) is 4.94. The molecule has 2 aromatic carbocycles. The molecule has 2 aromatic rings. The number of carbonyl (C=O) groups excluding carboxylic acids is 1. The average Bonchev–Trinajstić information content (AvgIpc) is 2.48. The molecule has 2 nitrogen and oxygen atoms in total. The molecule has 0 spiro atoms. The molecular weight excluding hydrogens is 260 g/mol. The Bertz CT molecular complexity index is 652. The molecule has 0 bridgehead atoms. The molecule has 21 heavy (non-hydrogen) atoms. The highest BCUT2D eigenvalue weighted by Gasteiger charge is 2.05. The Labute approximate surface area is 126 Å². The van der Waals surface area contributed by atoms with Gasteiger partial charge in [-0.2, -0.15) is 0 Å². The van der Waals surface area contributed by atoms with Crippen LogP contribution in [0.4, 0.5) is 0 Å². The van der Waals surface area contributed by atoms with Gasteiger partial charge in [-0.25, -0.2) is 4.79 Å². The van der Waals surface area contributed by atoms with E-state index >= 15 is 0 Å². The largest absolute Gasteiger partial charge is 0.462 e. The minimum Gasteiger partial charge on any atom is -0.462 e. The molecule has 0 atom stereocenters. The molecule has 0 radical (unpaired) electrons. The second-order valence-corrected chi connectivity index (χ2v) is 5.04. The van der Waals surface area contributed by atoms with E-state index in [4.69, 9.17) is 4.74 Å². The summed E-state index contributed by atoms with van der Waals surface area (Å²) in [5.41, 5.74) is 5.31. The van der Waals surface area contributed by atoms with Crippen LogP contribution in [0.1, 0.15) is 40.9 Å². The predicted molar refractivity (Wildman–Crippen MR) is 87.1 cm³/mol. The third-order valence-corrected chi connectivity index (χ3v) is 3.28. The fourth-order valence-corrected chi connectivity index (χ4v) is 2.15. The van der Waals surface area contributed by atoms with Crippen molar-refractivity contribution in [3.8, 4) is 0 Å². The Morgan fingerprint density at radius 1 is 1.10 bits per heavy atom. The standard InChI is InChI=1S/C19H20O2/c1-4-21-19(20)17-10-8-16(9-11-17)13-15(3)18-7-5-6-14(2)12-18/h5-13H,4H2,1-3H3. The summed E-state index contributed by atoms with van der Waals surface area (Å²) in [4.78, 5) is 11.6. The van der Waals surface area contributed by atoms with Crippen LogP contribution in [0.5, 0.6) is 0 Å². The lowest BCUT2D eigenvalue weighted by Crippen LogP contribution is -2.03. The summed E-state index contributed by atoms with van der Waals surface area (Å²) < 4.78 is 4.98. The molecule has 0 aliphatic rings. The SMILES string of the molecule is CCOC(=O)c1ccc(C=C(C)c2cccc(C)c2)cc1. The number of aryl methyl sites for hydroxylation is 1. The van der Waals surface area contributed by atoms with Crippen LogP contribution in [0.3, 0.4) is 0 Å². The number of allylic oxidation sites excluding steroid dienone is 1. The first-order valence-electron chi connectivity index (χ1n) is 7.12. The Hall–Kier alpha value is -2.35. The van der Waals surface area contributed by atoms with Gasteiger partial charge in [-0.15, -0.1) is 0 Å². The van der Waals surface area contributed by atoms with Gasteiger partial charge in [-0.3, -0.25) is 0 Å². The van der Waals surface area contributed by atoms with E-state index in [0.29, 0.717) is 12.2 Å². The van der Waals surface area contributed by atoms with Gasteiger partial charge in [0.25, 0.3) is 0 Å². The van der Waals surface area contributed by atoms with Gasteiger partial charge >= 0.3 is 5.97 Å². The minimum absolute atomic E-state index is 0.275. The number of rotatable bonds is 4. The normalized spacial score (nSPS) is 11.3. The molecule has 0 saturated heterocycles. The number of hydrogen-bond acceptors (Lipinski definition) is 2. The molecule has 0 aliphatic carbocycles. The van der Waals surface area contributed by atoms with E-state index in [1.807, 2.05) is 12.1 Å². The van der Waals surface area contributed by atoms with Crippen molar-refractivity contribution in [2.75, 3.05) is 6.61 Å². The van der Waals surface area contributed by atoms with E-state index < -0.39 is 0 Å². The Morgan fingerprint density at radius 2 is 1.81 bits per heavy atom. The quantitative estimate of drug-likeness (QED) is 0.597. The lowest BCUT2D eigenvalue weighted by molar-refractivity contribution is 0.0526. The van der Waals surface area contributed by atoms with Crippen LogP contribution in [0.15, 0.2) is 48.5 Å². The summed E-state index contributed by atoms with van der Waals surface area (Å²) in [5, 5.41) is 0. The lowest BCUT2D eigenvalue weighted by atomic mass is 10.0. The summed E-state index contributed by atoms with van der Waals surface area (Å²) in [7, 11) is 0. The van der Waals surface area contributed by atoms with Gasteiger partial charge < -0.3 is 4.74 Å². The van der Waals surface area contributed by atoms with Crippen molar-refractivity contribution in [2.24, 2.45) is 0 Å². The van der Waals surface area contributed by atoms with Crippen molar-refractivity contribution in [3.63, 3.8) is 0 Å². The summed E-state index contributed by atoms with van der Waals surface area (Å²) in [5.74, 6) is -0.275. The van der Waals surface area contributed by atoms with Crippen molar-refractivity contribution in [2.45, 2.75) is 20.8 Å². The zero-order valence-electron chi connectivity index (χ0n) is 12.7. The molecule has 0 aliphatic heterocycles. The maximum atomic E-state index is 11.6. The highest BCUT2D eigenvalue weighted by molar-refractivity contribution is 5.90. The van der Waals surface area contributed by atoms with Crippen molar-refractivity contribution in [1.29, 1.82) is 0 Å². The smallest absolute Gasteiger partial charge is 0.338 e. The minimum atomic E-state index is -0.275. The van der Waals surface area contributed by atoms with Crippen LogP contribution in [0.2, 0.25) is 0 Å². The zero-order valence-corrected chi connectivity index (χ0v) is 12.7. The summed E-state index contributed by atoms with van der Waals surface area (Å²) in [6, 6.07) is 15.9. The van der Waals surface area contributed by atoms with Gasteiger partial charge in [0.2, 0.25) is 0 Å². The monoisotopic (exact) mass is 280 g/mol. The Balaban J connectivity index is 2.19. The van der Waals surface area contributed by atoms with E-state index in [2.05, 4.69) is 44.2 Å². The van der Waals surface area contributed by atoms with Crippen molar-refractivity contribution >= 4 is 17.6 Å². The summed E-state index contributed by atoms with van der Waals surface area (Å²) in [6.45, 7) is 6.38. The zero-order chi connectivity index (χ0) is 15.2. The van der Waals surface area contributed by atoms with Crippen LogP contribution in [-0.4, -0.2) is 12.6 Å².